The third-order valence-electron chi connectivity index (χ3n) is 6.46. The number of nitrogens with zero attached hydrogens (tertiary/aromatic N) is 2. The number of para-hydroxylation sites is 1. The van der Waals surface area contributed by atoms with E-state index in [1.165, 1.54) is 11.6 Å². The zero-order chi connectivity index (χ0) is 25.5. The van der Waals surface area contributed by atoms with E-state index in [0.29, 0.717) is 24.2 Å². The average molecular weight is 504 g/mol. The fraction of sp³-hybridized carbons (Fsp3) is 0.310. The van der Waals surface area contributed by atoms with Crippen LogP contribution in [0.1, 0.15) is 51.6 Å². The molecule has 0 aliphatic carbocycles. The monoisotopic (exact) mass is 503 g/mol. The van der Waals surface area contributed by atoms with E-state index in [4.69, 9.17) is 0 Å². The van der Waals surface area contributed by atoms with Crippen LogP contribution in [0.3, 0.4) is 0 Å². The van der Waals surface area contributed by atoms with Gasteiger partial charge in [-0.25, -0.2) is 0 Å². The summed E-state index contributed by atoms with van der Waals surface area (Å²) in [5.74, 6) is 0.658. The van der Waals surface area contributed by atoms with Gasteiger partial charge in [-0.05, 0) is 75.3 Å². The Morgan fingerprint density at radius 3 is 2.53 bits per heavy atom. The molecule has 0 fully saturated rings. The maximum absolute atomic E-state index is 13.3. The highest BCUT2D eigenvalue weighted by Gasteiger charge is 2.26. The topological polar surface area (TPSA) is 72.9 Å². The van der Waals surface area contributed by atoms with Crippen molar-refractivity contribution in [2.75, 3.05) is 37.8 Å². The highest BCUT2D eigenvalue weighted by molar-refractivity contribution is 7.99. The number of hydrogen-bond donors (Lipinski definition) is 2. The van der Waals surface area contributed by atoms with E-state index in [9.17, 15) is 14.7 Å². The molecule has 0 saturated carbocycles. The SMILES string of the molecule is CN(C)C(CCCCNC(=O)c1ccccc1O)c1ccc2c(c1)N(C(=O)c1ccccc1)CCS2. The van der Waals surface area contributed by atoms with Crippen molar-refractivity contribution in [2.45, 2.75) is 30.2 Å². The number of aromatic hydroxyl groups is 1. The van der Waals surface area contributed by atoms with Gasteiger partial charge in [0.25, 0.3) is 11.8 Å². The molecule has 1 aliphatic heterocycles. The van der Waals surface area contributed by atoms with Crippen LogP contribution >= 0.6 is 11.8 Å². The molecule has 0 saturated heterocycles. The van der Waals surface area contributed by atoms with E-state index in [0.717, 1.165) is 35.6 Å². The van der Waals surface area contributed by atoms with Crippen molar-refractivity contribution in [3.63, 3.8) is 0 Å². The van der Waals surface area contributed by atoms with E-state index < -0.39 is 0 Å². The summed E-state index contributed by atoms with van der Waals surface area (Å²) in [6.07, 6.45) is 2.70. The number of anilines is 1. The number of benzene rings is 3. The van der Waals surface area contributed by atoms with Crippen molar-refractivity contribution in [2.24, 2.45) is 0 Å². The number of carbonyl (C=O) groups is 2. The summed E-state index contributed by atoms with van der Waals surface area (Å²) in [7, 11) is 4.15. The van der Waals surface area contributed by atoms with Crippen molar-refractivity contribution in [1.82, 2.24) is 10.2 Å². The second-order valence-electron chi connectivity index (χ2n) is 9.15. The number of hydrogen-bond acceptors (Lipinski definition) is 5. The Labute approximate surface area is 217 Å². The van der Waals surface area contributed by atoms with E-state index in [1.54, 1.807) is 30.0 Å². The zero-order valence-electron chi connectivity index (χ0n) is 20.8. The molecular formula is C29H33N3O3S. The molecule has 1 aliphatic rings. The van der Waals surface area contributed by atoms with Gasteiger partial charge in [0.15, 0.2) is 0 Å². The highest BCUT2D eigenvalue weighted by atomic mass is 32.2. The summed E-state index contributed by atoms with van der Waals surface area (Å²) in [5, 5.41) is 12.8. The van der Waals surface area contributed by atoms with Gasteiger partial charge in [0, 0.05) is 35.3 Å². The third-order valence-corrected chi connectivity index (χ3v) is 7.50. The minimum Gasteiger partial charge on any atom is -0.507 e. The van der Waals surface area contributed by atoms with Crippen LogP contribution in [0.15, 0.2) is 77.7 Å². The van der Waals surface area contributed by atoms with Gasteiger partial charge in [0.2, 0.25) is 0 Å². The summed E-state index contributed by atoms with van der Waals surface area (Å²) in [6, 6.07) is 22.7. The quantitative estimate of drug-likeness (QED) is 0.385. The minimum absolute atomic E-state index is 0.00645. The summed E-state index contributed by atoms with van der Waals surface area (Å²) in [5.41, 5.74) is 3.17. The average Bonchev–Trinajstić information content (AvgIpc) is 2.90. The Balaban J connectivity index is 1.39. The molecule has 4 rings (SSSR count). The second kappa shape index (κ2) is 12.1. The van der Waals surface area contributed by atoms with Crippen LogP contribution in [-0.2, 0) is 0 Å². The lowest BCUT2D eigenvalue weighted by atomic mass is 9.99. The van der Waals surface area contributed by atoms with Gasteiger partial charge in [-0.2, -0.15) is 0 Å². The van der Waals surface area contributed by atoms with Crippen molar-refractivity contribution in [3.05, 3.63) is 89.5 Å². The molecule has 7 heteroatoms. The summed E-state index contributed by atoms with van der Waals surface area (Å²) < 4.78 is 0. The summed E-state index contributed by atoms with van der Waals surface area (Å²) in [6.45, 7) is 1.24. The zero-order valence-corrected chi connectivity index (χ0v) is 21.6. The number of phenols is 1. The van der Waals surface area contributed by atoms with Crippen LogP contribution in [0.25, 0.3) is 0 Å². The molecule has 1 atom stereocenters. The smallest absolute Gasteiger partial charge is 0.258 e. The fourth-order valence-corrected chi connectivity index (χ4v) is 5.51. The Bertz CT molecular complexity index is 1200. The number of unbranched alkanes of at least 4 members (excludes halogenated alkanes) is 1. The van der Waals surface area contributed by atoms with Crippen LogP contribution in [0, 0.1) is 0 Å². The molecule has 188 valence electrons. The van der Waals surface area contributed by atoms with Crippen molar-refractivity contribution >= 4 is 29.3 Å². The van der Waals surface area contributed by atoms with E-state index in [1.807, 2.05) is 35.2 Å². The van der Waals surface area contributed by atoms with E-state index in [-0.39, 0.29) is 23.6 Å². The maximum Gasteiger partial charge on any atom is 0.258 e. The lowest BCUT2D eigenvalue weighted by molar-refractivity contribution is 0.0948. The first kappa shape index (κ1) is 25.8. The minimum atomic E-state index is -0.257. The Hall–Kier alpha value is -3.29. The predicted molar refractivity (Wildman–Crippen MR) is 146 cm³/mol. The fourth-order valence-electron chi connectivity index (χ4n) is 4.54. The number of amides is 2. The Morgan fingerprint density at radius 2 is 1.78 bits per heavy atom. The standard InChI is InChI=1S/C29H33N3O3S/c1-31(2)24(13-8-9-17-30-28(34)23-12-6-7-14-26(23)33)22-15-16-27-25(20-22)32(18-19-36-27)29(35)21-10-4-3-5-11-21/h3-7,10-12,14-16,20,24,33H,8-9,13,17-19H2,1-2H3,(H,30,34). The van der Waals surface area contributed by atoms with Crippen LogP contribution in [0.5, 0.6) is 5.75 Å². The van der Waals surface area contributed by atoms with Crippen molar-refractivity contribution in [1.29, 1.82) is 0 Å². The molecule has 3 aromatic carbocycles. The first-order valence-corrected chi connectivity index (χ1v) is 13.3. The van der Waals surface area contributed by atoms with Gasteiger partial charge in [-0.1, -0.05) is 36.4 Å². The molecule has 1 unspecified atom stereocenters. The van der Waals surface area contributed by atoms with Crippen LogP contribution in [0.4, 0.5) is 5.69 Å². The van der Waals surface area contributed by atoms with Crippen LogP contribution in [-0.4, -0.2) is 54.8 Å². The van der Waals surface area contributed by atoms with Crippen molar-refractivity contribution < 1.29 is 14.7 Å². The molecule has 0 radical (unpaired) electrons. The lowest BCUT2D eigenvalue weighted by Gasteiger charge is -2.32. The lowest BCUT2D eigenvalue weighted by Crippen LogP contribution is -2.35. The Kier molecular flexibility index (Phi) is 8.67. The molecule has 1 heterocycles. The molecule has 3 aromatic rings. The highest BCUT2D eigenvalue weighted by Crippen LogP contribution is 2.38. The third kappa shape index (κ3) is 6.09. The first-order chi connectivity index (χ1) is 17.5. The molecule has 2 amide bonds. The van der Waals surface area contributed by atoms with E-state index >= 15 is 0 Å². The number of thioether (sulfide) groups is 1. The number of fused-ring (bicyclic) bond motifs is 1. The van der Waals surface area contributed by atoms with Gasteiger partial charge in [0.05, 0.1) is 11.3 Å². The molecule has 2 N–H and O–H groups in total. The summed E-state index contributed by atoms with van der Waals surface area (Å²) in [4.78, 5) is 30.8. The second-order valence-corrected chi connectivity index (χ2v) is 10.3. The van der Waals surface area contributed by atoms with Gasteiger partial charge in [-0.3, -0.25) is 9.59 Å². The Morgan fingerprint density at radius 1 is 1.03 bits per heavy atom. The number of rotatable bonds is 9. The van der Waals surface area contributed by atoms with E-state index in [2.05, 4.69) is 42.5 Å². The molecular weight excluding hydrogens is 470 g/mol. The molecule has 0 spiro atoms. The van der Waals surface area contributed by atoms with Crippen LogP contribution in [0.2, 0.25) is 0 Å². The van der Waals surface area contributed by atoms with Crippen LogP contribution < -0.4 is 10.2 Å². The van der Waals surface area contributed by atoms with Gasteiger partial charge < -0.3 is 20.2 Å². The molecule has 36 heavy (non-hydrogen) atoms. The first-order valence-electron chi connectivity index (χ1n) is 12.3. The number of carbonyl (C=O) groups excluding carboxylic acids is 2. The van der Waals surface area contributed by atoms with Crippen molar-refractivity contribution in [3.8, 4) is 5.75 Å². The number of nitrogens with one attached hydrogen (secondary N) is 1. The van der Waals surface area contributed by atoms with Gasteiger partial charge in [0.1, 0.15) is 5.75 Å². The largest absolute Gasteiger partial charge is 0.507 e. The predicted octanol–water partition coefficient (Wildman–Crippen LogP) is 5.35. The molecule has 6 nitrogen and oxygen atoms in total. The molecule has 0 bridgehead atoms. The normalized spacial score (nSPS) is 13.8. The maximum atomic E-state index is 13.3. The summed E-state index contributed by atoms with van der Waals surface area (Å²) >= 11 is 1.79. The molecule has 0 aromatic heterocycles. The van der Waals surface area contributed by atoms with Gasteiger partial charge in [-0.15, -0.1) is 11.8 Å². The number of phenolic OH excluding ortho intramolecular Hbond substituents is 1. The van der Waals surface area contributed by atoms with Gasteiger partial charge >= 0.3 is 0 Å².